The largest absolute Gasteiger partial charge is 0.322 e. The van der Waals surface area contributed by atoms with E-state index in [-0.39, 0.29) is 0 Å². The van der Waals surface area contributed by atoms with Crippen LogP contribution in [0, 0.1) is 0 Å². The standard InChI is InChI=1S/C17H27N/c1-6-10-11-16-12-15(8-3)13-18(14(5)7-2)17(16)9-4/h9,13H,4-8,10-12H2,1-3H3. The lowest BCUT2D eigenvalue weighted by Crippen LogP contribution is -2.20. The summed E-state index contributed by atoms with van der Waals surface area (Å²) >= 11 is 0. The number of unbranched alkanes of at least 4 members (excludes halogenated alkanes) is 1. The average molecular weight is 245 g/mol. The van der Waals surface area contributed by atoms with Crippen LogP contribution in [0.4, 0.5) is 0 Å². The van der Waals surface area contributed by atoms with Crippen molar-refractivity contribution < 1.29 is 0 Å². The highest BCUT2D eigenvalue weighted by atomic mass is 15.1. The van der Waals surface area contributed by atoms with E-state index in [4.69, 9.17) is 0 Å². The molecule has 1 heterocycles. The van der Waals surface area contributed by atoms with Gasteiger partial charge in [0.15, 0.2) is 0 Å². The second-order valence-corrected chi connectivity index (χ2v) is 4.90. The van der Waals surface area contributed by atoms with Gasteiger partial charge in [0.05, 0.1) is 0 Å². The molecule has 100 valence electrons. The Kier molecular flexibility index (Phi) is 5.97. The van der Waals surface area contributed by atoms with Crippen LogP contribution < -0.4 is 0 Å². The van der Waals surface area contributed by atoms with Crippen LogP contribution in [0.5, 0.6) is 0 Å². The van der Waals surface area contributed by atoms with Gasteiger partial charge in [0.25, 0.3) is 0 Å². The predicted octanol–water partition coefficient (Wildman–Crippen LogP) is 5.54. The molecule has 0 aliphatic carbocycles. The van der Waals surface area contributed by atoms with Crippen molar-refractivity contribution in [2.24, 2.45) is 0 Å². The summed E-state index contributed by atoms with van der Waals surface area (Å²) in [5, 5.41) is 0. The van der Waals surface area contributed by atoms with Gasteiger partial charge in [-0.25, -0.2) is 0 Å². The molecule has 0 bridgehead atoms. The second-order valence-electron chi connectivity index (χ2n) is 4.90. The average Bonchev–Trinajstić information content (AvgIpc) is 2.42. The summed E-state index contributed by atoms with van der Waals surface area (Å²) in [6.45, 7) is 14.8. The second kappa shape index (κ2) is 7.25. The van der Waals surface area contributed by atoms with Gasteiger partial charge in [-0.1, -0.05) is 40.3 Å². The maximum Gasteiger partial charge on any atom is 0.0441 e. The van der Waals surface area contributed by atoms with E-state index in [9.17, 15) is 0 Å². The maximum absolute atomic E-state index is 4.18. The minimum atomic E-state index is 0.978. The van der Waals surface area contributed by atoms with Crippen molar-refractivity contribution in [3.05, 3.63) is 48.0 Å². The Bertz CT molecular complexity index is 371. The molecule has 0 aromatic carbocycles. The summed E-state index contributed by atoms with van der Waals surface area (Å²) < 4.78 is 0. The van der Waals surface area contributed by atoms with Crippen LogP contribution in [0.25, 0.3) is 0 Å². The molecule has 1 rings (SSSR count). The van der Waals surface area contributed by atoms with Gasteiger partial charge >= 0.3 is 0 Å². The fourth-order valence-corrected chi connectivity index (χ4v) is 2.33. The molecule has 1 heteroatoms. The van der Waals surface area contributed by atoms with Crippen molar-refractivity contribution in [1.82, 2.24) is 4.90 Å². The van der Waals surface area contributed by atoms with E-state index in [1.54, 1.807) is 0 Å². The van der Waals surface area contributed by atoms with Gasteiger partial charge in [0.2, 0.25) is 0 Å². The first-order valence-electron chi connectivity index (χ1n) is 7.18. The van der Waals surface area contributed by atoms with Crippen LogP contribution in [0.1, 0.15) is 59.3 Å². The molecule has 0 saturated carbocycles. The zero-order valence-electron chi connectivity index (χ0n) is 12.3. The van der Waals surface area contributed by atoms with Gasteiger partial charge in [-0.15, -0.1) is 0 Å². The summed E-state index contributed by atoms with van der Waals surface area (Å²) in [5.41, 5.74) is 5.46. The zero-order chi connectivity index (χ0) is 13.5. The Morgan fingerprint density at radius 2 is 2.11 bits per heavy atom. The molecule has 0 spiro atoms. The van der Waals surface area contributed by atoms with Crippen LogP contribution in [0.2, 0.25) is 0 Å². The minimum absolute atomic E-state index is 0.978. The Hall–Kier alpha value is -1.24. The van der Waals surface area contributed by atoms with Crippen molar-refractivity contribution in [2.75, 3.05) is 0 Å². The van der Waals surface area contributed by atoms with Gasteiger partial charge in [-0.05, 0) is 49.3 Å². The monoisotopic (exact) mass is 245 g/mol. The number of hydrogen-bond donors (Lipinski definition) is 0. The number of allylic oxidation sites excluding steroid dienone is 4. The highest BCUT2D eigenvalue weighted by molar-refractivity contribution is 5.36. The Morgan fingerprint density at radius 1 is 1.39 bits per heavy atom. The van der Waals surface area contributed by atoms with Crippen LogP contribution in [-0.2, 0) is 0 Å². The number of hydrogen-bond acceptors (Lipinski definition) is 1. The SMILES string of the molecule is C=CC1=C(CCCC)CC(CC)=CN1C(=C)CC. The highest BCUT2D eigenvalue weighted by Crippen LogP contribution is 2.33. The molecule has 0 unspecified atom stereocenters. The smallest absolute Gasteiger partial charge is 0.0441 e. The van der Waals surface area contributed by atoms with Crippen molar-refractivity contribution in [1.29, 1.82) is 0 Å². The van der Waals surface area contributed by atoms with Gasteiger partial charge in [-0.3, -0.25) is 0 Å². The number of nitrogens with zero attached hydrogens (tertiary/aromatic N) is 1. The van der Waals surface area contributed by atoms with E-state index in [2.05, 4.69) is 45.0 Å². The summed E-state index contributed by atoms with van der Waals surface area (Å²) in [6, 6.07) is 0. The first kappa shape index (κ1) is 14.8. The lowest BCUT2D eigenvalue weighted by atomic mass is 9.93. The van der Waals surface area contributed by atoms with Gasteiger partial charge in [0, 0.05) is 17.6 Å². The van der Waals surface area contributed by atoms with E-state index in [0.29, 0.717) is 0 Å². The molecule has 18 heavy (non-hydrogen) atoms. The molecular formula is C17H27N. The number of rotatable bonds is 7. The molecule has 0 amide bonds. The third-order valence-corrected chi connectivity index (χ3v) is 3.60. The summed E-state index contributed by atoms with van der Waals surface area (Å²) in [5.74, 6) is 0. The van der Waals surface area contributed by atoms with E-state index in [0.717, 1.165) is 25.0 Å². The molecule has 1 nitrogen and oxygen atoms in total. The van der Waals surface area contributed by atoms with Gasteiger partial charge in [-0.2, -0.15) is 0 Å². The van der Waals surface area contributed by atoms with Crippen molar-refractivity contribution in [3.63, 3.8) is 0 Å². The molecule has 0 N–H and O–H groups in total. The van der Waals surface area contributed by atoms with Crippen LogP contribution >= 0.6 is 0 Å². The molecule has 0 aromatic heterocycles. The zero-order valence-corrected chi connectivity index (χ0v) is 12.3. The van der Waals surface area contributed by atoms with Gasteiger partial charge in [0.1, 0.15) is 0 Å². The molecule has 0 fully saturated rings. The molecule has 0 atom stereocenters. The van der Waals surface area contributed by atoms with Crippen molar-refractivity contribution in [3.8, 4) is 0 Å². The third-order valence-electron chi connectivity index (χ3n) is 3.60. The quantitative estimate of drug-likeness (QED) is 0.569. The fourth-order valence-electron chi connectivity index (χ4n) is 2.33. The predicted molar refractivity (Wildman–Crippen MR) is 81.0 cm³/mol. The topological polar surface area (TPSA) is 3.24 Å². The van der Waals surface area contributed by atoms with Crippen molar-refractivity contribution in [2.45, 2.75) is 59.3 Å². The summed E-state index contributed by atoms with van der Waals surface area (Å²) in [4.78, 5) is 2.25. The lowest BCUT2D eigenvalue weighted by molar-refractivity contribution is 0.531. The maximum atomic E-state index is 4.18. The summed E-state index contributed by atoms with van der Waals surface area (Å²) in [7, 11) is 0. The van der Waals surface area contributed by atoms with Crippen LogP contribution in [-0.4, -0.2) is 4.90 Å². The van der Waals surface area contributed by atoms with Crippen LogP contribution in [0.15, 0.2) is 48.0 Å². The Labute approximate surface area is 113 Å². The van der Waals surface area contributed by atoms with Gasteiger partial charge < -0.3 is 4.90 Å². The first-order valence-corrected chi connectivity index (χ1v) is 7.18. The molecule has 1 aliphatic heterocycles. The van der Waals surface area contributed by atoms with E-state index >= 15 is 0 Å². The van der Waals surface area contributed by atoms with E-state index < -0.39 is 0 Å². The van der Waals surface area contributed by atoms with Crippen molar-refractivity contribution >= 4 is 0 Å². The van der Waals surface area contributed by atoms with Crippen LogP contribution in [0.3, 0.4) is 0 Å². The lowest BCUT2D eigenvalue weighted by Gasteiger charge is -2.32. The summed E-state index contributed by atoms with van der Waals surface area (Å²) in [6.07, 6.45) is 11.2. The Morgan fingerprint density at radius 3 is 2.61 bits per heavy atom. The molecule has 0 radical (unpaired) electrons. The first-order chi connectivity index (χ1) is 8.67. The molecule has 0 aromatic rings. The Balaban J connectivity index is 3.04. The van der Waals surface area contributed by atoms with E-state index in [1.807, 2.05) is 6.08 Å². The molecule has 0 saturated heterocycles. The molecule has 1 aliphatic rings. The normalized spacial score (nSPS) is 15.7. The third kappa shape index (κ3) is 3.38. The minimum Gasteiger partial charge on any atom is -0.322 e. The highest BCUT2D eigenvalue weighted by Gasteiger charge is 2.18. The molecular weight excluding hydrogens is 218 g/mol. The van der Waals surface area contributed by atoms with E-state index in [1.165, 1.54) is 36.1 Å². The fraction of sp³-hybridized carbons (Fsp3) is 0.529.